The number of hydrogen-bond acceptors (Lipinski definition) is 5. The minimum atomic E-state index is -4.50. The number of halogens is 3. The van der Waals surface area contributed by atoms with Gasteiger partial charge in [-0.25, -0.2) is 0 Å². The summed E-state index contributed by atoms with van der Waals surface area (Å²) in [6.07, 6.45) is -4.62. The van der Waals surface area contributed by atoms with Crippen molar-refractivity contribution in [2.24, 2.45) is 0 Å². The summed E-state index contributed by atoms with van der Waals surface area (Å²) < 4.78 is 52.2. The Bertz CT molecular complexity index is 666. The number of nitrogens with zero attached hydrogens (tertiary/aromatic N) is 1. The van der Waals surface area contributed by atoms with Crippen LogP contribution >= 0.6 is 0 Å². The van der Waals surface area contributed by atoms with Crippen LogP contribution < -0.4 is 9.47 Å². The summed E-state index contributed by atoms with van der Waals surface area (Å²) in [5, 5.41) is 8.98. The molecule has 1 N–H and O–H groups in total. The highest BCUT2D eigenvalue weighted by Gasteiger charge is 2.36. The third kappa shape index (κ3) is 6.31. The van der Waals surface area contributed by atoms with E-state index in [4.69, 9.17) is 19.3 Å². The first-order valence-corrected chi connectivity index (χ1v) is 8.15. The lowest BCUT2D eigenvalue weighted by atomic mass is 10.1. The highest BCUT2D eigenvalue weighted by atomic mass is 19.4. The SMILES string of the molecule is COC1CC(CC(=O)O)N(C(=O)COc2ccccc2OCC(F)(F)F)C1. The molecular weight excluding hydrogens is 371 g/mol. The number of hydrogen-bond donors (Lipinski definition) is 1. The summed E-state index contributed by atoms with van der Waals surface area (Å²) in [5.41, 5.74) is 0. The van der Waals surface area contributed by atoms with Gasteiger partial charge in [-0.15, -0.1) is 0 Å². The molecule has 27 heavy (non-hydrogen) atoms. The van der Waals surface area contributed by atoms with E-state index in [-0.39, 0.29) is 30.6 Å². The zero-order chi connectivity index (χ0) is 20.0. The fraction of sp³-hybridized carbons (Fsp3) is 0.529. The Morgan fingerprint density at radius 3 is 2.41 bits per heavy atom. The van der Waals surface area contributed by atoms with E-state index in [2.05, 4.69) is 0 Å². The number of amides is 1. The van der Waals surface area contributed by atoms with Crippen molar-refractivity contribution in [3.63, 3.8) is 0 Å². The van der Waals surface area contributed by atoms with Crippen LogP contribution in [0, 0.1) is 0 Å². The minimum absolute atomic E-state index is 0.00706. The molecule has 10 heteroatoms. The first kappa shape index (κ1) is 20.8. The molecule has 0 spiro atoms. The molecule has 1 aromatic carbocycles. The second-order valence-electron chi connectivity index (χ2n) is 6.03. The molecule has 1 fully saturated rings. The third-order valence-corrected chi connectivity index (χ3v) is 4.03. The number of benzene rings is 1. The van der Waals surface area contributed by atoms with Gasteiger partial charge >= 0.3 is 12.1 Å². The number of carboxylic acids is 1. The lowest BCUT2D eigenvalue weighted by Crippen LogP contribution is -2.40. The molecule has 0 saturated carbocycles. The quantitative estimate of drug-likeness (QED) is 0.731. The number of carboxylic acid groups (broad SMARTS) is 1. The van der Waals surface area contributed by atoms with Gasteiger partial charge in [0, 0.05) is 19.7 Å². The molecule has 2 unspecified atom stereocenters. The normalized spacial score (nSPS) is 19.8. The molecule has 0 radical (unpaired) electrons. The van der Waals surface area contributed by atoms with Crippen LogP contribution in [0.3, 0.4) is 0 Å². The Morgan fingerprint density at radius 1 is 1.22 bits per heavy atom. The fourth-order valence-corrected chi connectivity index (χ4v) is 2.82. The molecule has 1 saturated heterocycles. The third-order valence-electron chi connectivity index (χ3n) is 4.03. The van der Waals surface area contributed by atoms with Crippen LogP contribution in [0.4, 0.5) is 13.2 Å². The zero-order valence-corrected chi connectivity index (χ0v) is 14.6. The maximum absolute atomic E-state index is 12.4. The number of carbonyl (C=O) groups excluding carboxylic acids is 1. The highest BCUT2D eigenvalue weighted by molar-refractivity contribution is 5.79. The van der Waals surface area contributed by atoms with Gasteiger partial charge in [0.15, 0.2) is 24.7 Å². The predicted octanol–water partition coefficient (Wildman–Crippen LogP) is 2.10. The Kier molecular flexibility index (Phi) is 6.89. The monoisotopic (exact) mass is 391 g/mol. The molecule has 1 aliphatic heterocycles. The van der Waals surface area contributed by atoms with Crippen molar-refractivity contribution in [2.75, 3.05) is 26.9 Å². The van der Waals surface area contributed by atoms with Gasteiger partial charge in [-0.2, -0.15) is 13.2 Å². The van der Waals surface area contributed by atoms with E-state index in [1.807, 2.05) is 0 Å². The first-order valence-electron chi connectivity index (χ1n) is 8.15. The first-order chi connectivity index (χ1) is 12.7. The van der Waals surface area contributed by atoms with Crippen LogP contribution in [0.2, 0.25) is 0 Å². The Labute approximate surface area is 153 Å². The average molecular weight is 391 g/mol. The van der Waals surface area contributed by atoms with E-state index in [0.717, 1.165) is 0 Å². The Morgan fingerprint density at radius 2 is 1.85 bits per heavy atom. The number of para-hydroxylation sites is 2. The van der Waals surface area contributed by atoms with Crippen LogP contribution in [0.1, 0.15) is 12.8 Å². The maximum Gasteiger partial charge on any atom is 0.422 e. The summed E-state index contributed by atoms with van der Waals surface area (Å²) in [6.45, 7) is -1.72. The second-order valence-corrected chi connectivity index (χ2v) is 6.03. The molecule has 150 valence electrons. The number of ether oxygens (including phenoxy) is 3. The molecule has 2 rings (SSSR count). The summed E-state index contributed by atoms with van der Waals surface area (Å²) in [4.78, 5) is 24.8. The van der Waals surface area contributed by atoms with Gasteiger partial charge in [0.1, 0.15) is 0 Å². The molecule has 0 bridgehead atoms. The van der Waals surface area contributed by atoms with Crippen LogP contribution in [-0.4, -0.2) is 67.1 Å². The fourth-order valence-electron chi connectivity index (χ4n) is 2.82. The number of rotatable bonds is 8. The molecular formula is C17H20F3NO6. The molecule has 0 aromatic heterocycles. The van der Waals surface area contributed by atoms with E-state index in [9.17, 15) is 22.8 Å². The van der Waals surface area contributed by atoms with Gasteiger partial charge in [-0.3, -0.25) is 9.59 Å². The zero-order valence-electron chi connectivity index (χ0n) is 14.6. The number of methoxy groups -OCH3 is 1. The van der Waals surface area contributed by atoms with Gasteiger partial charge in [0.05, 0.1) is 12.5 Å². The molecule has 1 aliphatic rings. The maximum atomic E-state index is 12.4. The smallest absolute Gasteiger partial charge is 0.422 e. The van der Waals surface area contributed by atoms with Crippen LogP contribution in [0.15, 0.2) is 24.3 Å². The number of aliphatic carboxylic acids is 1. The number of carbonyl (C=O) groups is 2. The molecule has 0 aliphatic carbocycles. The van der Waals surface area contributed by atoms with Crippen LogP contribution in [0.5, 0.6) is 11.5 Å². The molecule has 7 nitrogen and oxygen atoms in total. The van der Waals surface area contributed by atoms with Crippen molar-refractivity contribution in [1.29, 1.82) is 0 Å². The molecule has 1 amide bonds. The second kappa shape index (κ2) is 8.94. The Hall–Kier alpha value is -2.49. The molecule has 1 aromatic rings. The van der Waals surface area contributed by atoms with Crippen LogP contribution in [0.25, 0.3) is 0 Å². The summed E-state index contributed by atoms with van der Waals surface area (Å²) in [5.74, 6) is -1.67. The van der Waals surface area contributed by atoms with Gasteiger partial charge in [-0.1, -0.05) is 12.1 Å². The topological polar surface area (TPSA) is 85.3 Å². The molecule has 2 atom stereocenters. The van der Waals surface area contributed by atoms with Crippen molar-refractivity contribution >= 4 is 11.9 Å². The van der Waals surface area contributed by atoms with Gasteiger partial charge in [-0.05, 0) is 18.6 Å². The van der Waals surface area contributed by atoms with E-state index < -0.39 is 37.3 Å². The minimum Gasteiger partial charge on any atom is -0.481 e. The number of alkyl halides is 3. The lowest BCUT2D eigenvalue weighted by Gasteiger charge is -2.23. The predicted molar refractivity (Wildman–Crippen MR) is 86.7 cm³/mol. The average Bonchev–Trinajstić information content (AvgIpc) is 3.00. The largest absolute Gasteiger partial charge is 0.481 e. The van der Waals surface area contributed by atoms with Gasteiger partial charge < -0.3 is 24.2 Å². The summed E-state index contributed by atoms with van der Waals surface area (Å²) >= 11 is 0. The van der Waals surface area contributed by atoms with Crippen LogP contribution in [-0.2, 0) is 14.3 Å². The van der Waals surface area contributed by atoms with Crippen molar-refractivity contribution in [3.05, 3.63) is 24.3 Å². The summed E-state index contributed by atoms with van der Waals surface area (Å²) in [7, 11) is 1.47. The standard InChI is InChI=1S/C17H20F3NO6/c1-25-12-6-11(7-16(23)24)21(8-12)15(22)9-26-13-4-2-3-5-14(13)27-10-17(18,19)20/h2-5,11-12H,6-10H2,1H3,(H,23,24). The van der Waals surface area contributed by atoms with Gasteiger partial charge in [0.25, 0.3) is 5.91 Å². The lowest BCUT2D eigenvalue weighted by molar-refractivity contribution is -0.154. The number of likely N-dealkylation sites (tertiary alicyclic amines) is 1. The van der Waals surface area contributed by atoms with Crippen molar-refractivity contribution < 1.29 is 42.1 Å². The van der Waals surface area contributed by atoms with E-state index >= 15 is 0 Å². The van der Waals surface area contributed by atoms with E-state index in [0.29, 0.717) is 6.42 Å². The summed E-state index contributed by atoms with van der Waals surface area (Å²) in [6, 6.07) is 5.17. The van der Waals surface area contributed by atoms with E-state index in [1.165, 1.54) is 36.3 Å². The van der Waals surface area contributed by atoms with Crippen molar-refractivity contribution in [1.82, 2.24) is 4.90 Å². The van der Waals surface area contributed by atoms with Crippen molar-refractivity contribution in [3.8, 4) is 11.5 Å². The van der Waals surface area contributed by atoms with Gasteiger partial charge in [0.2, 0.25) is 0 Å². The van der Waals surface area contributed by atoms with Crippen molar-refractivity contribution in [2.45, 2.75) is 31.2 Å². The van der Waals surface area contributed by atoms with E-state index in [1.54, 1.807) is 0 Å². The highest BCUT2D eigenvalue weighted by Crippen LogP contribution is 2.29. The Balaban J connectivity index is 1.99. The molecule has 1 heterocycles.